The fraction of sp³-hybridized carbons (Fsp3) is 0.278. The summed E-state index contributed by atoms with van der Waals surface area (Å²) in [6.45, 7) is 2.75. The zero-order chi connectivity index (χ0) is 17.9. The van der Waals surface area contributed by atoms with Crippen molar-refractivity contribution in [3.05, 3.63) is 59.8 Å². The second-order valence-corrected chi connectivity index (χ2v) is 6.28. The lowest BCUT2D eigenvalue weighted by Crippen LogP contribution is -2.32. The summed E-state index contributed by atoms with van der Waals surface area (Å²) in [6, 6.07) is 13.0. The molecule has 1 amide bonds. The minimum atomic E-state index is -0.280. The van der Waals surface area contributed by atoms with E-state index in [2.05, 4.69) is 35.6 Å². The number of fused-ring (bicyclic) bond motifs is 1. The van der Waals surface area contributed by atoms with Crippen LogP contribution >= 0.6 is 0 Å². The van der Waals surface area contributed by atoms with Gasteiger partial charge in [-0.05, 0) is 37.6 Å². The van der Waals surface area contributed by atoms with Crippen LogP contribution in [0.5, 0.6) is 0 Å². The highest BCUT2D eigenvalue weighted by Crippen LogP contribution is 2.18. The predicted octanol–water partition coefficient (Wildman–Crippen LogP) is 2.06. The number of para-hydroxylation sites is 1. The van der Waals surface area contributed by atoms with Crippen LogP contribution in [0, 0.1) is 6.92 Å². The van der Waals surface area contributed by atoms with E-state index in [1.165, 1.54) is 0 Å². The maximum Gasteiger partial charge on any atom is 0.276 e. The molecule has 8 heteroatoms. The molecule has 26 heavy (non-hydrogen) atoms. The van der Waals surface area contributed by atoms with Crippen LogP contribution in [0.4, 0.5) is 11.5 Å². The summed E-state index contributed by atoms with van der Waals surface area (Å²) in [5.74, 6) is 2.32. The maximum atomic E-state index is 12.2. The molecule has 3 aromatic rings. The van der Waals surface area contributed by atoms with Gasteiger partial charge in [-0.2, -0.15) is 0 Å². The molecular weight excluding hydrogens is 330 g/mol. The summed E-state index contributed by atoms with van der Waals surface area (Å²) in [6.07, 6.45) is 1.83. The Bertz CT molecular complexity index is 905. The lowest BCUT2D eigenvalue weighted by atomic mass is 10.1. The maximum absolute atomic E-state index is 12.2. The first-order valence-electron chi connectivity index (χ1n) is 8.54. The molecule has 1 aliphatic rings. The Labute approximate surface area is 150 Å². The first-order valence-corrected chi connectivity index (χ1v) is 8.54. The number of nitrogens with zero attached hydrogens (tertiary/aromatic N) is 5. The molecule has 0 aliphatic carbocycles. The zero-order valence-corrected chi connectivity index (χ0v) is 14.4. The van der Waals surface area contributed by atoms with Crippen molar-refractivity contribution in [2.75, 3.05) is 10.6 Å². The first-order chi connectivity index (χ1) is 12.7. The number of nitrogens with one attached hydrogen (secondary N) is 2. The lowest BCUT2D eigenvalue weighted by molar-refractivity contribution is 0.102. The summed E-state index contributed by atoms with van der Waals surface area (Å²) in [4.78, 5) is 12.2. The van der Waals surface area contributed by atoms with Crippen molar-refractivity contribution in [1.82, 2.24) is 25.0 Å². The Morgan fingerprint density at radius 2 is 1.92 bits per heavy atom. The van der Waals surface area contributed by atoms with Crippen molar-refractivity contribution in [2.45, 2.75) is 32.4 Å². The van der Waals surface area contributed by atoms with Crippen LogP contribution < -0.4 is 10.6 Å². The van der Waals surface area contributed by atoms with Crippen molar-refractivity contribution in [2.24, 2.45) is 0 Å². The molecule has 1 atom stereocenters. The fourth-order valence-corrected chi connectivity index (χ4v) is 3.04. The van der Waals surface area contributed by atoms with Crippen LogP contribution in [0.3, 0.4) is 0 Å². The molecular formula is C18H19N7O. The SMILES string of the molecule is Cc1nnc2n1CC(Nc1ccc(C(=O)Nc3ccccc3)nn1)CC2. The molecule has 132 valence electrons. The molecule has 0 spiro atoms. The van der Waals surface area contributed by atoms with Crippen molar-refractivity contribution in [3.63, 3.8) is 0 Å². The third-order valence-electron chi connectivity index (χ3n) is 4.41. The molecule has 4 rings (SSSR count). The molecule has 1 unspecified atom stereocenters. The van der Waals surface area contributed by atoms with Crippen LogP contribution in [0.15, 0.2) is 42.5 Å². The van der Waals surface area contributed by atoms with E-state index in [0.29, 0.717) is 5.82 Å². The van der Waals surface area contributed by atoms with Gasteiger partial charge in [0.2, 0.25) is 0 Å². The van der Waals surface area contributed by atoms with E-state index in [0.717, 1.165) is 36.7 Å². The van der Waals surface area contributed by atoms with E-state index in [1.54, 1.807) is 12.1 Å². The summed E-state index contributed by atoms with van der Waals surface area (Å²) >= 11 is 0. The zero-order valence-electron chi connectivity index (χ0n) is 14.4. The number of hydrogen-bond donors (Lipinski definition) is 2. The van der Waals surface area contributed by atoms with Crippen LogP contribution in [0.25, 0.3) is 0 Å². The highest BCUT2D eigenvalue weighted by atomic mass is 16.1. The average molecular weight is 349 g/mol. The Balaban J connectivity index is 1.39. The summed E-state index contributed by atoms with van der Waals surface area (Å²) in [5, 5.41) is 22.6. The van der Waals surface area contributed by atoms with Gasteiger partial charge >= 0.3 is 0 Å². The van der Waals surface area contributed by atoms with Crippen molar-refractivity contribution >= 4 is 17.4 Å². The van der Waals surface area contributed by atoms with Crippen molar-refractivity contribution in [3.8, 4) is 0 Å². The number of amides is 1. The van der Waals surface area contributed by atoms with Gasteiger partial charge in [0.05, 0.1) is 0 Å². The number of aromatic nitrogens is 5. The third-order valence-corrected chi connectivity index (χ3v) is 4.41. The van der Waals surface area contributed by atoms with Gasteiger partial charge in [-0.15, -0.1) is 20.4 Å². The van der Waals surface area contributed by atoms with Crippen LogP contribution in [0.1, 0.15) is 28.6 Å². The number of carbonyl (C=O) groups is 1. The van der Waals surface area contributed by atoms with Crippen molar-refractivity contribution in [1.29, 1.82) is 0 Å². The Hall–Kier alpha value is -3.29. The van der Waals surface area contributed by atoms with E-state index in [9.17, 15) is 4.79 Å². The van der Waals surface area contributed by atoms with Gasteiger partial charge in [-0.3, -0.25) is 4.79 Å². The lowest BCUT2D eigenvalue weighted by Gasteiger charge is -2.25. The molecule has 0 bridgehead atoms. The molecule has 3 heterocycles. The molecule has 1 aliphatic heterocycles. The molecule has 0 radical (unpaired) electrons. The molecule has 2 N–H and O–H groups in total. The van der Waals surface area contributed by atoms with Gasteiger partial charge in [0.1, 0.15) is 17.5 Å². The fourth-order valence-electron chi connectivity index (χ4n) is 3.04. The topological polar surface area (TPSA) is 97.6 Å². The van der Waals surface area contributed by atoms with Crippen molar-refractivity contribution < 1.29 is 4.79 Å². The number of carbonyl (C=O) groups excluding carboxylic acids is 1. The van der Waals surface area contributed by atoms with Gasteiger partial charge in [0, 0.05) is 24.7 Å². The summed E-state index contributed by atoms with van der Waals surface area (Å²) < 4.78 is 2.12. The minimum absolute atomic E-state index is 0.232. The number of benzene rings is 1. The predicted molar refractivity (Wildman–Crippen MR) is 96.9 cm³/mol. The second kappa shape index (κ2) is 6.91. The molecule has 2 aromatic heterocycles. The highest BCUT2D eigenvalue weighted by Gasteiger charge is 2.21. The Kier molecular flexibility index (Phi) is 4.30. The molecule has 0 saturated heterocycles. The van der Waals surface area contributed by atoms with E-state index in [-0.39, 0.29) is 17.6 Å². The van der Waals surface area contributed by atoms with Gasteiger partial charge < -0.3 is 15.2 Å². The van der Waals surface area contributed by atoms with Crippen LogP contribution in [-0.2, 0) is 13.0 Å². The molecule has 0 saturated carbocycles. The molecule has 0 fully saturated rings. The first kappa shape index (κ1) is 16.2. The Morgan fingerprint density at radius 3 is 2.69 bits per heavy atom. The largest absolute Gasteiger partial charge is 0.364 e. The van der Waals surface area contributed by atoms with Gasteiger partial charge in [-0.1, -0.05) is 18.2 Å². The van der Waals surface area contributed by atoms with Crippen LogP contribution in [0.2, 0.25) is 0 Å². The quantitative estimate of drug-likeness (QED) is 0.748. The highest BCUT2D eigenvalue weighted by molar-refractivity contribution is 6.02. The van der Waals surface area contributed by atoms with Gasteiger partial charge in [-0.25, -0.2) is 0 Å². The Morgan fingerprint density at radius 1 is 1.08 bits per heavy atom. The number of anilines is 2. The van der Waals surface area contributed by atoms with Crippen LogP contribution in [-0.4, -0.2) is 36.9 Å². The van der Waals surface area contributed by atoms with Gasteiger partial charge in [0.15, 0.2) is 5.69 Å². The molecule has 1 aromatic carbocycles. The number of rotatable bonds is 4. The second-order valence-electron chi connectivity index (χ2n) is 6.28. The normalized spacial score (nSPS) is 16.0. The van der Waals surface area contributed by atoms with E-state index < -0.39 is 0 Å². The van der Waals surface area contributed by atoms with Gasteiger partial charge in [0.25, 0.3) is 5.91 Å². The van der Waals surface area contributed by atoms with E-state index in [4.69, 9.17) is 0 Å². The molecule has 8 nitrogen and oxygen atoms in total. The summed E-state index contributed by atoms with van der Waals surface area (Å²) in [7, 11) is 0. The number of aryl methyl sites for hydroxylation is 2. The smallest absolute Gasteiger partial charge is 0.276 e. The van der Waals surface area contributed by atoms with E-state index >= 15 is 0 Å². The minimum Gasteiger partial charge on any atom is -0.364 e. The monoisotopic (exact) mass is 349 g/mol. The number of hydrogen-bond acceptors (Lipinski definition) is 6. The van der Waals surface area contributed by atoms with E-state index in [1.807, 2.05) is 37.3 Å². The average Bonchev–Trinajstić information content (AvgIpc) is 3.04. The third kappa shape index (κ3) is 3.39. The summed E-state index contributed by atoms with van der Waals surface area (Å²) in [5.41, 5.74) is 1.00. The standard InChI is InChI=1S/C18H19N7O/c1-12-21-24-17-10-7-14(11-25(12)17)19-16-9-8-15(22-23-16)18(26)20-13-5-3-2-4-6-13/h2-6,8-9,14H,7,10-11H2,1H3,(H,19,23)(H,20,26).